The van der Waals surface area contributed by atoms with E-state index in [4.69, 9.17) is 5.73 Å². The van der Waals surface area contributed by atoms with E-state index in [9.17, 15) is 9.59 Å². The van der Waals surface area contributed by atoms with E-state index in [1.54, 1.807) is 41.7 Å². The molecular formula is C25H28N6O2S. The summed E-state index contributed by atoms with van der Waals surface area (Å²) in [6, 6.07) is 14.7. The molecule has 5 N–H and O–H groups in total. The van der Waals surface area contributed by atoms with Crippen molar-refractivity contribution in [3.8, 4) is 0 Å². The Morgan fingerprint density at radius 3 is 2.79 bits per heavy atom. The van der Waals surface area contributed by atoms with E-state index in [2.05, 4.69) is 32.9 Å². The molecule has 0 radical (unpaired) electrons. The van der Waals surface area contributed by atoms with Crippen molar-refractivity contribution >= 4 is 39.7 Å². The van der Waals surface area contributed by atoms with Gasteiger partial charge in [-0.2, -0.15) is 0 Å². The van der Waals surface area contributed by atoms with Crippen LogP contribution in [0.2, 0.25) is 0 Å². The molecule has 3 aromatic rings. The highest BCUT2D eigenvalue weighted by molar-refractivity contribution is 7.15. The van der Waals surface area contributed by atoms with Crippen LogP contribution in [0.1, 0.15) is 32.4 Å². The number of nitrogen functional groups attached to an aromatic ring is 1. The van der Waals surface area contributed by atoms with Crippen molar-refractivity contribution in [2.45, 2.75) is 18.9 Å². The van der Waals surface area contributed by atoms with Crippen LogP contribution in [0.4, 0.5) is 16.5 Å². The number of hydrogen-bond donors (Lipinski definition) is 4. The third-order valence-electron chi connectivity index (χ3n) is 6.45. The Balaban J connectivity index is 1.28. The number of carbonyl (C=O) groups excluding carboxylic acids is 2. The number of aromatic nitrogens is 1. The molecule has 2 atom stereocenters. The van der Waals surface area contributed by atoms with Gasteiger partial charge in [-0.05, 0) is 49.0 Å². The number of thiazole rings is 1. The van der Waals surface area contributed by atoms with Gasteiger partial charge in [0.25, 0.3) is 5.91 Å². The summed E-state index contributed by atoms with van der Waals surface area (Å²) in [7, 11) is 2.09. The fourth-order valence-electron chi connectivity index (χ4n) is 4.56. The third kappa shape index (κ3) is 4.82. The molecule has 2 amide bonds. The van der Waals surface area contributed by atoms with Gasteiger partial charge in [-0.15, -0.1) is 11.3 Å². The topological polar surface area (TPSA) is 112 Å². The molecule has 2 aliphatic rings. The normalized spacial score (nSPS) is 20.0. The fourth-order valence-corrected chi connectivity index (χ4v) is 5.65. The van der Waals surface area contributed by atoms with E-state index >= 15 is 0 Å². The van der Waals surface area contributed by atoms with Gasteiger partial charge in [0.15, 0.2) is 5.13 Å². The van der Waals surface area contributed by atoms with Gasteiger partial charge in [-0.1, -0.05) is 12.1 Å². The summed E-state index contributed by atoms with van der Waals surface area (Å²) in [6.45, 7) is 3.11. The number of carbonyl (C=O) groups is 2. The van der Waals surface area contributed by atoms with E-state index in [-0.39, 0.29) is 23.7 Å². The van der Waals surface area contributed by atoms with Gasteiger partial charge in [0, 0.05) is 60.3 Å². The minimum Gasteiger partial charge on any atom is -0.399 e. The number of fused-ring (bicyclic) bond motifs is 1. The second-order valence-electron chi connectivity index (χ2n) is 8.94. The maximum absolute atomic E-state index is 13.0. The predicted octanol–water partition coefficient (Wildman–Crippen LogP) is 2.91. The van der Waals surface area contributed by atoms with Gasteiger partial charge in [-0.3, -0.25) is 14.9 Å². The van der Waals surface area contributed by atoms with Crippen molar-refractivity contribution in [1.29, 1.82) is 0 Å². The lowest BCUT2D eigenvalue weighted by Crippen LogP contribution is -2.28. The van der Waals surface area contributed by atoms with Crippen molar-refractivity contribution in [3.05, 3.63) is 70.2 Å². The monoisotopic (exact) mass is 476 g/mol. The van der Waals surface area contributed by atoms with Gasteiger partial charge in [0.2, 0.25) is 5.91 Å². The first-order valence-electron chi connectivity index (χ1n) is 11.4. The zero-order chi connectivity index (χ0) is 23.7. The van der Waals surface area contributed by atoms with E-state index in [1.165, 1.54) is 4.88 Å². The number of nitrogens with two attached hydrogens (primary N) is 1. The summed E-state index contributed by atoms with van der Waals surface area (Å²) in [5, 5.41) is 9.91. The van der Waals surface area contributed by atoms with Crippen LogP contribution in [0, 0.1) is 5.92 Å². The van der Waals surface area contributed by atoms with Gasteiger partial charge in [0.1, 0.15) is 0 Å². The number of rotatable bonds is 5. The first kappa shape index (κ1) is 22.5. The van der Waals surface area contributed by atoms with Gasteiger partial charge < -0.3 is 21.3 Å². The van der Waals surface area contributed by atoms with Crippen molar-refractivity contribution in [2.24, 2.45) is 5.92 Å². The molecule has 2 aliphatic heterocycles. The van der Waals surface area contributed by atoms with Crippen molar-refractivity contribution in [3.63, 3.8) is 0 Å². The zero-order valence-corrected chi connectivity index (χ0v) is 19.8. The van der Waals surface area contributed by atoms with E-state index in [1.807, 2.05) is 18.2 Å². The zero-order valence-electron chi connectivity index (χ0n) is 19.0. The average molecular weight is 477 g/mol. The molecule has 0 bridgehead atoms. The van der Waals surface area contributed by atoms with Crippen LogP contribution in [0.5, 0.6) is 0 Å². The molecule has 0 spiro atoms. The fraction of sp³-hybridized carbons (Fsp3) is 0.320. The van der Waals surface area contributed by atoms with Crippen LogP contribution < -0.4 is 21.7 Å². The lowest BCUT2D eigenvalue weighted by Gasteiger charge is -2.20. The number of anilines is 3. The Labute approximate surface area is 202 Å². The first-order chi connectivity index (χ1) is 16.5. The van der Waals surface area contributed by atoms with Gasteiger partial charge in [0.05, 0.1) is 11.6 Å². The van der Waals surface area contributed by atoms with E-state index in [0.29, 0.717) is 29.5 Å². The molecule has 1 saturated heterocycles. The largest absolute Gasteiger partial charge is 0.399 e. The third-order valence-corrected chi connectivity index (χ3v) is 7.45. The molecule has 9 heteroatoms. The minimum absolute atomic E-state index is 0.0238. The average Bonchev–Trinajstić information content (AvgIpc) is 3.47. The summed E-state index contributed by atoms with van der Waals surface area (Å²) in [5.74, 6) is -0.495. The van der Waals surface area contributed by atoms with Crippen molar-refractivity contribution < 1.29 is 9.59 Å². The molecule has 2 aromatic carbocycles. The summed E-state index contributed by atoms with van der Waals surface area (Å²) in [4.78, 5) is 34.1. The molecule has 34 heavy (non-hydrogen) atoms. The van der Waals surface area contributed by atoms with Crippen LogP contribution in [0.3, 0.4) is 0 Å². The van der Waals surface area contributed by atoms with Crippen LogP contribution in [-0.4, -0.2) is 48.4 Å². The molecular weight excluding hydrogens is 448 g/mol. The highest BCUT2D eigenvalue weighted by atomic mass is 32.1. The maximum Gasteiger partial charge on any atom is 0.257 e. The number of likely N-dealkylation sites (N-methyl/N-ethyl adjacent to an activating group) is 1. The highest BCUT2D eigenvalue weighted by Crippen LogP contribution is 2.31. The Morgan fingerprint density at radius 2 is 1.97 bits per heavy atom. The van der Waals surface area contributed by atoms with E-state index < -0.39 is 0 Å². The molecule has 3 heterocycles. The van der Waals surface area contributed by atoms with Gasteiger partial charge >= 0.3 is 0 Å². The number of nitrogens with one attached hydrogen (secondary N) is 3. The molecule has 0 saturated carbocycles. The van der Waals surface area contributed by atoms with Gasteiger partial charge in [-0.25, -0.2) is 4.98 Å². The Kier molecular flexibility index (Phi) is 6.32. The van der Waals surface area contributed by atoms with Crippen LogP contribution >= 0.6 is 11.3 Å². The van der Waals surface area contributed by atoms with Crippen LogP contribution in [0.15, 0.2) is 48.5 Å². The summed E-state index contributed by atoms with van der Waals surface area (Å²) >= 11 is 1.54. The molecule has 0 unspecified atom stereocenters. The van der Waals surface area contributed by atoms with Crippen LogP contribution in [-0.2, 0) is 17.8 Å². The number of benzene rings is 2. The lowest BCUT2D eigenvalue weighted by atomic mass is 9.87. The van der Waals surface area contributed by atoms with Crippen molar-refractivity contribution in [2.75, 3.05) is 43.0 Å². The molecule has 1 aromatic heterocycles. The minimum atomic E-state index is -0.237. The molecule has 1 fully saturated rings. The second kappa shape index (κ2) is 9.54. The predicted molar refractivity (Wildman–Crippen MR) is 135 cm³/mol. The quantitative estimate of drug-likeness (QED) is 0.421. The SMILES string of the molecule is CN1CCc2nc(NC(=O)c3cccc([C@H]4CNC[C@@H]4C(=O)Nc4ccc(N)cc4)c3)sc2C1. The smallest absolute Gasteiger partial charge is 0.257 e. The molecule has 176 valence electrons. The number of amides is 2. The van der Waals surface area contributed by atoms with E-state index in [0.717, 1.165) is 36.5 Å². The number of nitrogens with zero attached hydrogens (tertiary/aromatic N) is 2. The summed E-state index contributed by atoms with van der Waals surface area (Å²) < 4.78 is 0. The maximum atomic E-state index is 13.0. The Bertz CT molecular complexity index is 1210. The highest BCUT2D eigenvalue weighted by Gasteiger charge is 2.34. The standard InChI is InChI=1S/C25H28N6O2S/c1-31-10-9-21-22(14-31)34-25(29-21)30-23(32)16-4-2-3-15(11-16)19-12-27-13-20(19)24(33)28-18-7-5-17(26)6-8-18/h2-8,11,19-20,27H,9-10,12-14,26H2,1H3,(H,28,33)(H,29,30,32)/t19-,20+/m1/s1. The lowest BCUT2D eigenvalue weighted by molar-refractivity contribution is -0.119. The number of hydrogen-bond acceptors (Lipinski definition) is 7. The second-order valence-corrected chi connectivity index (χ2v) is 10.0. The molecule has 8 nitrogen and oxygen atoms in total. The Hall–Kier alpha value is -3.27. The van der Waals surface area contributed by atoms with Crippen LogP contribution in [0.25, 0.3) is 0 Å². The summed E-state index contributed by atoms with van der Waals surface area (Å²) in [6.07, 6.45) is 0.905. The first-order valence-corrected chi connectivity index (χ1v) is 12.2. The summed E-state index contributed by atoms with van der Waals surface area (Å²) in [5.41, 5.74) is 9.72. The Morgan fingerprint density at radius 1 is 1.15 bits per heavy atom. The molecule has 0 aliphatic carbocycles. The van der Waals surface area contributed by atoms with Crippen molar-refractivity contribution in [1.82, 2.24) is 15.2 Å². The molecule has 5 rings (SSSR count).